The first-order valence-electron chi connectivity index (χ1n) is 15.4. The molecule has 6 nitrogen and oxygen atoms in total. The van der Waals surface area contributed by atoms with Crippen molar-refractivity contribution in [3.63, 3.8) is 0 Å². The highest BCUT2D eigenvalue weighted by Gasteiger charge is 2.17. The second-order valence-electron chi connectivity index (χ2n) is 11.1. The molecule has 7 heteroatoms. The molecule has 224 valence electrons. The fourth-order valence-electron chi connectivity index (χ4n) is 5.76. The van der Waals surface area contributed by atoms with Crippen LogP contribution in [0.2, 0.25) is 0 Å². The van der Waals surface area contributed by atoms with Crippen molar-refractivity contribution in [3.05, 3.63) is 89.7 Å². The van der Waals surface area contributed by atoms with Crippen molar-refractivity contribution in [2.24, 2.45) is 11.1 Å². The smallest absolute Gasteiger partial charge is 0.331 e. The Morgan fingerprint density at radius 3 is 2.16 bits per heavy atom. The molecule has 1 saturated carbocycles. The van der Waals surface area contributed by atoms with Crippen LogP contribution in [0.5, 0.6) is 0 Å². The molecule has 1 aromatic heterocycles. The highest BCUT2D eigenvalue weighted by molar-refractivity contribution is 7.99. The molecule has 4 aromatic rings. The SMILES string of the molecule is CCN(CC)c1ccc2cc(C(=O)c3ccc(Sc4ccc(C(CCC5CCCCC5)=NOC(C)=O)cc4)cc3)oc2c1. The van der Waals surface area contributed by atoms with Gasteiger partial charge in [0.2, 0.25) is 5.78 Å². The van der Waals surface area contributed by atoms with E-state index in [1.807, 2.05) is 54.6 Å². The number of hydrogen-bond acceptors (Lipinski definition) is 7. The zero-order valence-electron chi connectivity index (χ0n) is 25.3. The Balaban J connectivity index is 1.23. The van der Waals surface area contributed by atoms with E-state index in [1.165, 1.54) is 39.0 Å². The first-order valence-corrected chi connectivity index (χ1v) is 16.2. The predicted molar refractivity (Wildman–Crippen MR) is 174 cm³/mol. The largest absolute Gasteiger partial charge is 0.452 e. The third-order valence-corrected chi connectivity index (χ3v) is 9.21. The Morgan fingerprint density at radius 1 is 0.884 bits per heavy atom. The number of carbonyl (C=O) groups is 2. The van der Waals surface area contributed by atoms with Gasteiger partial charge in [-0.15, -0.1) is 0 Å². The number of ketones is 1. The van der Waals surface area contributed by atoms with Crippen molar-refractivity contribution in [3.8, 4) is 0 Å². The second kappa shape index (κ2) is 14.6. The number of nitrogens with zero attached hydrogens (tertiary/aromatic N) is 2. The summed E-state index contributed by atoms with van der Waals surface area (Å²) in [5.74, 6) is 0.527. The van der Waals surface area contributed by atoms with Crippen molar-refractivity contribution < 1.29 is 18.8 Å². The van der Waals surface area contributed by atoms with E-state index in [0.29, 0.717) is 11.3 Å². The lowest BCUT2D eigenvalue weighted by molar-refractivity contribution is -0.140. The van der Waals surface area contributed by atoms with Crippen LogP contribution in [0.15, 0.2) is 92.2 Å². The minimum atomic E-state index is -0.408. The van der Waals surface area contributed by atoms with Crippen molar-refractivity contribution in [1.82, 2.24) is 0 Å². The van der Waals surface area contributed by atoms with Crippen molar-refractivity contribution in [2.75, 3.05) is 18.0 Å². The molecule has 0 unspecified atom stereocenters. The van der Waals surface area contributed by atoms with E-state index in [1.54, 1.807) is 11.8 Å². The Hall–Kier alpha value is -3.84. The van der Waals surface area contributed by atoms with E-state index in [9.17, 15) is 9.59 Å². The van der Waals surface area contributed by atoms with Crippen LogP contribution in [-0.2, 0) is 9.63 Å². The summed E-state index contributed by atoms with van der Waals surface area (Å²) in [7, 11) is 0. The van der Waals surface area contributed by atoms with Gasteiger partial charge in [0.1, 0.15) is 5.58 Å². The summed E-state index contributed by atoms with van der Waals surface area (Å²) in [6.07, 6.45) is 8.35. The van der Waals surface area contributed by atoms with Crippen LogP contribution in [0.25, 0.3) is 11.0 Å². The van der Waals surface area contributed by atoms with Crippen LogP contribution in [0.3, 0.4) is 0 Å². The van der Waals surface area contributed by atoms with Crippen molar-refractivity contribution >= 4 is 45.9 Å². The first-order chi connectivity index (χ1) is 20.9. The van der Waals surface area contributed by atoms with Gasteiger partial charge in [-0.05, 0) is 92.8 Å². The highest BCUT2D eigenvalue weighted by atomic mass is 32.2. The number of oxime groups is 1. The van der Waals surface area contributed by atoms with Crippen molar-refractivity contribution in [2.45, 2.75) is 75.5 Å². The van der Waals surface area contributed by atoms with Gasteiger partial charge in [-0.2, -0.15) is 0 Å². The molecule has 5 rings (SSSR count). The van der Waals surface area contributed by atoms with Crippen LogP contribution in [0.1, 0.15) is 87.4 Å². The van der Waals surface area contributed by atoms with Gasteiger partial charge in [0.25, 0.3) is 0 Å². The summed E-state index contributed by atoms with van der Waals surface area (Å²) >= 11 is 1.63. The van der Waals surface area contributed by atoms with Crippen LogP contribution >= 0.6 is 11.8 Å². The van der Waals surface area contributed by atoms with Gasteiger partial charge in [-0.25, -0.2) is 4.79 Å². The number of anilines is 1. The van der Waals surface area contributed by atoms with Crippen LogP contribution < -0.4 is 4.90 Å². The summed E-state index contributed by atoms with van der Waals surface area (Å²) in [5, 5.41) is 5.12. The number of fused-ring (bicyclic) bond motifs is 1. The number of hydrogen-bond donors (Lipinski definition) is 0. The Labute approximate surface area is 258 Å². The average molecular weight is 597 g/mol. The minimum absolute atomic E-state index is 0.130. The molecule has 0 bridgehead atoms. The van der Waals surface area contributed by atoms with E-state index >= 15 is 0 Å². The molecule has 43 heavy (non-hydrogen) atoms. The van der Waals surface area contributed by atoms with Gasteiger partial charge >= 0.3 is 5.97 Å². The van der Waals surface area contributed by atoms with E-state index in [2.05, 4.69) is 42.1 Å². The molecule has 0 spiro atoms. The van der Waals surface area contributed by atoms with Gasteiger partial charge in [0, 0.05) is 52.5 Å². The van der Waals surface area contributed by atoms with Gasteiger partial charge in [-0.1, -0.05) is 61.2 Å². The van der Waals surface area contributed by atoms with E-state index in [4.69, 9.17) is 9.25 Å². The van der Waals surface area contributed by atoms with Crippen LogP contribution in [0.4, 0.5) is 5.69 Å². The molecule has 0 N–H and O–H groups in total. The molecule has 1 heterocycles. The summed E-state index contributed by atoms with van der Waals surface area (Å²) in [5.41, 5.74) is 4.19. The Kier molecular flexibility index (Phi) is 10.4. The molecule has 0 radical (unpaired) electrons. The molecule has 1 aliphatic rings. The molecule has 1 aliphatic carbocycles. The summed E-state index contributed by atoms with van der Waals surface area (Å²) in [6.45, 7) is 7.45. The quantitative estimate of drug-likeness (QED) is 0.0702. The predicted octanol–water partition coefficient (Wildman–Crippen LogP) is 9.29. The second-order valence-corrected chi connectivity index (χ2v) is 12.3. The van der Waals surface area contributed by atoms with Gasteiger partial charge in [-0.3, -0.25) is 4.79 Å². The number of carbonyl (C=O) groups excluding carboxylic acids is 2. The maximum Gasteiger partial charge on any atom is 0.331 e. The maximum atomic E-state index is 13.2. The fourth-order valence-corrected chi connectivity index (χ4v) is 6.58. The Morgan fingerprint density at radius 2 is 1.53 bits per heavy atom. The maximum absolute atomic E-state index is 13.2. The number of rotatable bonds is 12. The first kappa shape index (κ1) is 30.6. The molecule has 1 fully saturated rings. The van der Waals surface area contributed by atoms with Crippen molar-refractivity contribution in [1.29, 1.82) is 0 Å². The number of furan rings is 1. The van der Waals surface area contributed by atoms with Crippen LogP contribution in [0, 0.1) is 5.92 Å². The average Bonchev–Trinajstić information content (AvgIpc) is 3.46. The molecule has 0 aliphatic heterocycles. The minimum Gasteiger partial charge on any atom is -0.452 e. The lowest BCUT2D eigenvalue weighted by atomic mass is 9.85. The number of benzene rings is 3. The van der Waals surface area contributed by atoms with Gasteiger partial charge < -0.3 is 14.2 Å². The molecular weight excluding hydrogens is 556 g/mol. The van der Waals surface area contributed by atoms with Gasteiger partial charge in [0.15, 0.2) is 5.76 Å². The fraction of sp³-hybridized carbons (Fsp3) is 0.361. The lowest BCUT2D eigenvalue weighted by Gasteiger charge is -2.21. The van der Waals surface area contributed by atoms with Crippen LogP contribution in [-0.4, -0.2) is 30.6 Å². The summed E-state index contributed by atoms with van der Waals surface area (Å²) < 4.78 is 5.98. The van der Waals surface area contributed by atoms with E-state index in [0.717, 1.165) is 69.6 Å². The lowest BCUT2D eigenvalue weighted by Crippen LogP contribution is -2.21. The third kappa shape index (κ3) is 7.96. The zero-order valence-corrected chi connectivity index (χ0v) is 26.1. The Bertz CT molecular complexity index is 1560. The highest BCUT2D eigenvalue weighted by Crippen LogP contribution is 2.31. The standard InChI is InChI=1S/C36H40N2O4S/c1-4-38(5-2)30-17-12-29-23-35(41-34(29)24-30)36(40)28-15-20-32(21-16-28)43-31-18-13-27(14-19-31)33(37-42-25(3)39)22-11-26-9-7-6-8-10-26/h12-21,23-24,26H,4-11,22H2,1-3H3. The molecule has 0 saturated heterocycles. The molecular formula is C36H40N2O4S. The normalized spacial score (nSPS) is 14.2. The third-order valence-electron chi connectivity index (χ3n) is 8.19. The monoisotopic (exact) mass is 596 g/mol. The zero-order chi connectivity index (χ0) is 30.2. The van der Waals surface area contributed by atoms with Gasteiger partial charge in [0.05, 0.1) is 5.71 Å². The topological polar surface area (TPSA) is 72.1 Å². The van der Waals surface area contributed by atoms with E-state index in [-0.39, 0.29) is 5.78 Å². The molecule has 0 amide bonds. The summed E-state index contributed by atoms with van der Waals surface area (Å²) in [6, 6.07) is 23.7. The summed E-state index contributed by atoms with van der Waals surface area (Å²) in [4.78, 5) is 34.0. The molecule has 0 atom stereocenters. The molecule has 3 aromatic carbocycles. The van der Waals surface area contributed by atoms with E-state index < -0.39 is 5.97 Å².